The van der Waals surface area contributed by atoms with Crippen LogP contribution < -0.4 is 10.2 Å². The molecule has 2 aromatic rings. The van der Waals surface area contributed by atoms with Gasteiger partial charge in [-0.1, -0.05) is 0 Å². The lowest BCUT2D eigenvalue weighted by molar-refractivity contribution is 0.628. The number of nitrogens with zero attached hydrogens (tertiary/aromatic N) is 2. The SMILES string of the molecule is Cl.Cl.Fc1ccc(NCc2cnc(N3CCCC3)s2)cc1. The topological polar surface area (TPSA) is 28.2 Å². The number of hydrogen-bond donors (Lipinski definition) is 1. The molecule has 7 heteroatoms. The van der Waals surface area contributed by atoms with Gasteiger partial charge in [-0.3, -0.25) is 0 Å². The zero-order valence-electron chi connectivity index (χ0n) is 11.4. The standard InChI is InChI=1S/C14H16FN3S.2ClH/c15-11-3-5-12(6-4-11)16-9-13-10-17-14(19-13)18-7-1-2-8-18;;/h3-6,10,16H,1-2,7-9H2;2*1H. The van der Waals surface area contributed by atoms with Crippen molar-refractivity contribution in [3.8, 4) is 0 Å². The first kappa shape index (κ1) is 18.0. The van der Waals surface area contributed by atoms with Crippen LogP contribution in [0.3, 0.4) is 0 Å². The molecule has 3 nitrogen and oxygen atoms in total. The van der Waals surface area contributed by atoms with Crippen molar-refractivity contribution >= 4 is 47.0 Å². The maximum atomic E-state index is 12.8. The third-order valence-corrected chi connectivity index (χ3v) is 4.29. The minimum Gasteiger partial charge on any atom is -0.380 e. The molecule has 1 fully saturated rings. The molecule has 0 amide bonds. The first-order chi connectivity index (χ1) is 9.31. The Morgan fingerprint density at radius 2 is 1.81 bits per heavy atom. The molecule has 0 unspecified atom stereocenters. The summed E-state index contributed by atoms with van der Waals surface area (Å²) in [7, 11) is 0. The van der Waals surface area contributed by atoms with Crippen molar-refractivity contribution in [3.05, 3.63) is 41.2 Å². The predicted octanol–water partition coefficient (Wildman–Crippen LogP) is 4.34. The predicted molar refractivity (Wildman–Crippen MR) is 91.8 cm³/mol. The fourth-order valence-corrected chi connectivity index (χ4v) is 3.09. The van der Waals surface area contributed by atoms with Crippen LogP contribution in [-0.4, -0.2) is 18.1 Å². The molecule has 0 bridgehead atoms. The third kappa shape index (κ3) is 4.73. The summed E-state index contributed by atoms with van der Waals surface area (Å²) in [5.41, 5.74) is 0.928. The van der Waals surface area contributed by atoms with Crippen LogP contribution in [0.25, 0.3) is 0 Å². The van der Waals surface area contributed by atoms with E-state index in [0.29, 0.717) is 0 Å². The van der Waals surface area contributed by atoms with Crippen LogP contribution in [0.5, 0.6) is 0 Å². The lowest BCUT2D eigenvalue weighted by Crippen LogP contribution is -2.16. The monoisotopic (exact) mass is 349 g/mol. The van der Waals surface area contributed by atoms with E-state index in [9.17, 15) is 4.39 Å². The summed E-state index contributed by atoms with van der Waals surface area (Å²) in [6.45, 7) is 2.98. The summed E-state index contributed by atoms with van der Waals surface area (Å²) in [4.78, 5) is 8.01. The van der Waals surface area contributed by atoms with Crippen molar-refractivity contribution < 1.29 is 4.39 Å². The molecule has 1 aliphatic heterocycles. The highest BCUT2D eigenvalue weighted by Crippen LogP contribution is 2.26. The number of aromatic nitrogens is 1. The Morgan fingerprint density at radius 1 is 1.14 bits per heavy atom. The number of benzene rings is 1. The molecular weight excluding hydrogens is 332 g/mol. The van der Waals surface area contributed by atoms with Gasteiger partial charge in [-0.2, -0.15) is 0 Å². The van der Waals surface area contributed by atoms with Crippen molar-refractivity contribution in [1.29, 1.82) is 0 Å². The van der Waals surface area contributed by atoms with Gasteiger partial charge in [-0.15, -0.1) is 36.2 Å². The Balaban J connectivity index is 0.00000110. The van der Waals surface area contributed by atoms with Gasteiger partial charge in [-0.05, 0) is 37.1 Å². The fraction of sp³-hybridized carbons (Fsp3) is 0.357. The highest BCUT2D eigenvalue weighted by atomic mass is 35.5. The van der Waals surface area contributed by atoms with Crippen LogP contribution in [0.15, 0.2) is 30.5 Å². The molecule has 3 rings (SSSR count). The van der Waals surface area contributed by atoms with Gasteiger partial charge in [0.05, 0.1) is 6.54 Å². The van der Waals surface area contributed by atoms with Crippen LogP contribution in [0, 0.1) is 5.82 Å². The second-order valence-corrected chi connectivity index (χ2v) is 5.76. The zero-order valence-corrected chi connectivity index (χ0v) is 13.9. The lowest BCUT2D eigenvalue weighted by atomic mass is 10.3. The summed E-state index contributed by atoms with van der Waals surface area (Å²) >= 11 is 1.73. The van der Waals surface area contributed by atoms with Crippen LogP contribution in [0.2, 0.25) is 0 Å². The average molecular weight is 350 g/mol. The van der Waals surface area contributed by atoms with Gasteiger partial charge in [0.15, 0.2) is 5.13 Å². The van der Waals surface area contributed by atoms with Crippen LogP contribution in [0.4, 0.5) is 15.2 Å². The van der Waals surface area contributed by atoms with Crippen molar-refractivity contribution in [2.45, 2.75) is 19.4 Å². The summed E-state index contributed by atoms with van der Waals surface area (Å²) in [6.07, 6.45) is 4.46. The lowest BCUT2D eigenvalue weighted by Gasteiger charge is -2.12. The van der Waals surface area contributed by atoms with Crippen molar-refractivity contribution in [3.63, 3.8) is 0 Å². The number of thiazole rings is 1. The number of anilines is 2. The van der Waals surface area contributed by atoms with E-state index < -0.39 is 0 Å². The summed E-state index contributed by atoms with van der Waals surface area (Å²) in [5, 5.41) is 4.40. The number of halogens is 3. The van der Waals surface area contributed by atoms with E-state index in [4.69, 9.17) is 0 Å². The van der Waals surface area contributed by atoms with Crippen molar-refractivity contribution in [1.82, 2.24) is 4.98 Å². The molecule has 0 atom stereocenters. The Kier molecular flexibility index (Phi) is 7.22. The second kappa shape index (κ2) is 8.41. The van der Waals surface area contributed by atoms with Gasteiger partial charge >= 0.3 is 0 Å². The smallest absolute Gasteiger partial charge is 0.185 e. The molecule has 1 aromatic carbocycles. The molecule has 0 spiro atoms. The average Bonchev–Trinajstić information content (AvgIpc) is 3.09. The van der Waals surface area contributed by atoms with Gasteiger partial charge in [0.2, 0.25) is 0 Å². The van der Waals surface area contributed by atoms with E-state index in [2.05, 4.69) is 15.2 Å². The van der Waals surface area contributed by atoms with E-state index in [1.807, 2.05) is 6.20 Å². The summed E-state index contributed by atoms with van der Waals surface area (Å²) < 4.78 is 12.8. The molecule has 0 aliphatic carbocycles. The molecule has 1 aromatic heterocycles. The molecule has 116 valence electrons. The van der Waals surface area contributed by atoms with Crippen molar-refractivity contribution in [2.75, 3.05) is 23.3 Å². The normalized spacial score (nSPS) is 13.5. The molecule has 0 radical (unpaired) electrons. The van der Waals surface area contributed by atoms with Crippen LogP contribution in [-0.2, 0) is 6.54 Å². The Hall–Kier alpha value is -1.04. The maximum absolute atomic E-state index is 12.8. The molecule has 1 saturated heterocycles. The zero-order chi connectivity index (χ0) is 13.1. The number of hydrogen-bond acceptors (Lipinski definition) is 4. The maximum Gasteiger partial charge on any atom is 0.185 e. The van der Waals surface area contributed by atoms with Gasteiger partial charge in [0.25, 0.3) is 0 Å². The fourth-order valence-electron chi connectivity index (χ4n) is 2.19. The Bertz CT molecular complexity index is 541. The van der Waals surface area contributed by atoms with Crippen LogP contribution >= 0.6 is 36.2 Å². The van der Waals surface area contributed by atoms with E-state index in [-0.39, 0.29) is 30.6 Å². The molecule has 2 heterocycles. The number of nitrogens with one attached hydrogen (secondary N) is 1. The minimum absolute atomic E-state index is 0. The Morgan fingerprint density at radius 3 is 2.48 bits per heavy atom. The van der Waals surface area contributed by atoms with E-state index in [1.165, 1.54) is 29.9 Å². The molecule has 0 saturated carbocycles. The molecule has 21 heavy (non-hydrogen) atoms. The van der Waals surface area contributed by atoms with Gasteiger partial charge in [0.1, 0.15) is 5.82 Å². The third-order valence-electron chi connectivity index (χ3n) is 3.23. The summed E-state index contributed by atoms with van der Waals surface area (Å²) in [6, 6.07) is 6.42. The first-order valence-electron chi connectivity index (χ1n) is 6.50. The van der Waals surface area contributed by atoms with Gasteiger partial charge in [-0.25, -0.2) is 9.37 Å². The minimum atomic E-state index is -0.209. The Labute approximate surface area is 140 Å². The number of rotatable bonds is 4. The second-order valence-electron chi connectivity index (χ2n) is 4.66. The quantitative estimate of drug-likeness (QED) is 0.889. The largest absolute Gasteiger partial charge is 0.380 e. The van der Waals surface area contributed by atoms with Crippen LogP contribution in [0.1, 0.15) is 17.7 Å². The van der Waals surface area contributed by atoms with Gasteiger partial charge in [0, 0.05) is 29.9 Å². The van der Waals surface area contributed by atoms with Crippen molar-refractivity contribution in [2.24, 2.45) is 0 Å². The van der Waals surface area contributed by atoms with E-state index >= 15 is 0 Å². The highest BCUT2D eigenvalue weighted by Gasteiger charge is 2.15. The molecule has 1 aliphatic rings. The first-order valence-corrected chi connectivity index (χ1v) is 7.32. The van der Waals surface area contributed by atoms with E-state index in [1.54, 1.807) is 23.5 Å². The van der Waals surface area contributed by atoms with Gasteiger partial charge < -0.3 is 10.2 Å². The van der Waals surface area contributed by atoms with E-state index in [0.717, 1.165) is 30.5 Å². The highest BCUT2D eigenvalue weighted by molar-refractivity contribution is 7.15. The summed E-state index contributed by atoms with van der Waals surface area (Å²) in [5.74, 6) is -0.209. The molecular formula is C14H18Cl2FN3S. The molecule has 1 N–H and O–H groups in total.